The number of rotatable bonds is 20. The monoisotopic (exact) mass is 496 g/mol. The van der Waals surface area contributed by atoms with E-state index in [1.54, 1.807) is 16.7 Å². The van der Waals surface area contributed by atoms with Crippen LogP contribution in [-0.4, -0.2) is 13.2 Å². The summed E-state index contributed by atoms with van der Waals surface area (Å²) in [6.45, 7) is 17.7. The molecule has 0 heterocycles. The van der Waals surface area contributed by atoms with E-state index < -0.39 is 24.0 Å². The van der Waals surface area contributed by atoms with Crippen LogP contribution in [0.15, 0.2) is 20.6 Å². The molecular formula is C29H58NSiTi. The molecule has 1 atom stereocenters. The van der Waals surface area contributed by atoms with Crippen LogP contribution in [0.2, 0.25) is 13.1 Å². The standard InChI is InChI=1S/C18H38N.C9H13.C2H7Si.Ti/c1-2-3-4-5-6-7-8-9-10-11-12-13-14-15-16-17-18-19;1-6-5-7(2)9(4)8(6)3;1-3-2;/h19H,2-18H2,1H3;6H,1-4H3;3H,1-2H3;/q-1;;;+1. The van der Waals surface area contributed by atoms with Crippen molar-refractivity contribution >= 4 is 6.66 Å². The Balaban J connectivity index is 2.00. The predicted octanol–water partition coefficient (Wildman–Crippen LogP) is 9.61. The summed E-state index contributed by atoms with van der Waals surface area (Å²) in [5, 5.41) is 0. The van der Waals surface area contributed by atoms with Crippen LogP contribution in [0.3, 0.4) is 0 Å². The Kier molecular flexibility index (Phi) is 17.7. The minimum absolute atomic E-state index is 0.595. The average Bonchev–Trinajstić information content (AvgIpc) is 2.95. The molecular weight excluding hydrogens is 438 g/mol. The van der Waals surface area contributed by atoms with Gasteiger partial charge in [0.25, 0.3) is 0 Å². The van der Waals surface area contributed by atoms with Gasteiger partial charge in [0.2, 0.25) is 0 Å². The number of allylic oxidation sites excluding steroid dienone is 4. The van der Waals surface area contributed by atoms with E-state index in [0.29, 0.717) is 0 Å². The second kappa shape index (κ2) is 18.7. The Morgan fingerprint density at radius 1 is 0.656 bits per heavy atom. The first kappa shape index (κ1) is 30.4. The molecule has 1 aliphatic rings. The van der Waals surface area contributed by atoms with E-state index in [2.05, 4.69) is 51.5 Å². The van der Waals surface area contributed by atoms with E-state index in [9.17, 15) is 0 Å². The van der Waals surface area contributed by atoms with Gasteiger partial charge in [-0.2, -0.15) is 0 Å². The van der Waals surface area contributed by atoms with Crippen LogP contribution in [0, 0.1) is 5.92 Å². The van der Waals surface area contributed by atoms with Gasteiger partial charge in [0.15, 0.2) is 0 Å². The van der Waals surface area contributed by atoms with Crippen molar-refractivity contribution in [1.29, 1.82) is 0 Å². The molecule has 1 rings (SSSR count). The van der Waals surface area contributed by atoms with E-state index in [1.165, 1.54) is 109 Å². The van der Waals surface area contributed by atoms with Crippen molar-refractivity contribution in [1.82, 2.24) is 3.80 Å². The van der Waals surface area contributed by atoms with Gasteiger partial charge in [-0.1, -0.05) is 45.4 Å². The van der Waals surface area contributed by atoms with Crippen LogP contribution < -0.4 is 3.80 Å². The van der Waals surface area contributed by atoms with Gasteiger partial charge in [-0.15, -0.1) is 0 Å². The molecule has 3 heteroatoms. The molecule has 0 bridgehead atoms. The van der Waals surface area contributed by atoms with Gasteiger partial charge in [-0.25, -0.2) is 0 Å². The van der Waals surface area contributed by atoms with Crippen LogP contribution in [0.1, 0.15) is 137 Å². The summed E-state index contributed by atoms with van der Waals surface area (Å²) < 4.78 is 6.04. The molecule has 32 heavy (non-hydrogen) atoms. The number of hydrogen-bond donors (Lipinski definition) is 1. The first-order valence-corrected chi connectivity index (χ1v) is 21.6. The van der Waals surface area contributed by atoms with Gasteiger partial charge in [-0.3, -0.25) is 0 Å². The van der Waals surface area contributed by atoms with Crippen molar-refractivity contribution in [2.75, 3.05) is 6.54 Å². The van der Waals surface area contributed by atoms with Gasteiger partial charge in [-0.05, 0) is 0 Å². The zero-order chi connectivity index (χ0) is 23.8. The summed E-state index contributed by atoms with van der Waals surface area (Å²) in [6, 6.07) is 0. The number of hydrogen-bond acceptors (Lipinski definition) is 1. The Hall–Kier alpha value is 0.371. The molecule has 0 amide bonds. The van der Waals surface area contributed by atoms with E-state index in [4.69, 9.17) is 0 Å². The molecule has 0 aliphatic heterocycles. The second-order valence-electron chi connectivity index (χ2n) is 10.9. The molecule has 1 nitrogen and oxygen atoms in total. The topological polar surface area (TPSA) is 12.0 Å². The Morgan fingerprint density at radius 3 is 1.41 bits per heavy atom. The molecule has 1 aliphatic carbocycles. The SMILES string of the molecule is CCCCCCCCCCCCCCCCCC[NH][Ti]([C]1=C(C)C(C)=C(C)C1C)[SiH](C)C. The number of nitrogens with one attached hydrogen (secondary N) is 1. The number of unbranched alkanes of at least 4 members (excludes halogenated alkanes) is 15. The summed E-state index contributed by atoms with van der Waals surface area (Å²) in [5.41, 5.74) is 4.89. The summed E-state index contributed by atoms with van der Waals surface area (Å²) in [6.07, 6.45) is 23.3. The molecule has 0 saturated carbocycles. The average molecular weight is 497 g/mol. The van der Waals surface area contributed by atoms with Crippen molar-refractivity contribution in [3.63, 3.8) is 0 Å². The molecule has 187 valence electrons. The second-order valence-corrected chi connectivity index (χ2v) is 23.7. The van der Waals surface area contributed by atoms with Crippen LogP contribution in [0.25, 0.3) is 0 Å². The van der Waals surface area contributed by atoms with Gasteiger partial charge >= 0.3 is 166 Å². The third kappa shape index (κ3) is 11.7. The van der Waals surface area contributed by atoms with E-state index >= 15 is 0 Å². The van der Waals surface area contributed by atoms with Gasteiger partial charge in [0.05, 0.1) is 0 Å². The first-order valence-electron chi connectivity index (χ1n) is 14.4. The predicted molar refractivity (Wildman–Crippen MR) is 147 cm³/mol. The third-order valence-corrected chi connectivity index (χ3v) is 19.7. The zero-order valence-electron chi connectivity index (χ0n) is 23.2. The van der Waals surface area contributed by atoms with Crippen LogP contribution in [0.5, 0.6) is 0 Å². The first-order chi connectivity index (χ1) is 15.4. The summed E-state index contributed by atoms with van der Waals surface area (Å²) >= 11 is -1.24. The molecule has 0 aromatic carbocycles. The molecule has 0 aromatic rings. The molecule has 0 spiro atoms. The van der Waals surface area contributed by atoms with Crippen molar-refractivity contribution in [3.05, 3.63) is 20.6 Å². The summed E-state index contributed by atoms with van der Waals surface area (Å²) in [4.78, 5) is 0. The van der Waals surface area contributed by atoms with Crippen molar-refractivity contribution < 1.29 is 17.4 Å². The maximum absolute atomic E-state index is 4.16. The fourth-order valence-electron chi connectivity index (χ4n) is 5.31. The van der Waals surface area contributed by atoms with Gasteiger partial charge in [0, 0.05) is 0 Å². The van der Waals surface area contributed by atoms with Crippen molar-refractivity contribution in [2.45, 2.75) is 150 Å². The fraction of sp³-hybridized carbons (Fsp3) is 0.862. The molecule has 1 N–H and O–H groups in total. The minimum atomic E-state index is -1.24. The van der Waals surface area contributed by atoms with Crippen LogP contribution in [0.4, 0.5) is 0 Å². The van der Waals surface area contributed by atoms with Gasteiger partial charge < -0.3 is 0 Å². The summed E-state index contributed by atoms with van der Waals surface area (Å²) in [7, 11) is 0. The van der Waals surface area contributed by atoms with Crippen molar-refractivity contribution in [3.8, 4) is 0 Å². The Labute approximate surface area is 210 Å². The molecule has 0 radical (unpaired) electrons. The Morgan fingerprint density at radius 2 is 1.06 bits per heavy atom. The molecule has 1 unspecified atom stereocenters. The van der Waals surface area contributed by atoms with Crippen LogP contribution >= 0.6 is 0 Å². The quantitative estimate of drug-likeness (QED) is 0.131. The zero-order valence-corrected chi connectivity index (χ0v) is 25.9. The molecule has 0 aromatic heterocycles. The van der Waals surface area contributed by atoms with E-state index in [0.717, 1.165) is 5.92 Å². The summed E-state index contributed by atoms with van der Waals surface area (Å²) in [5.74, 6) is 0.721. The van der Waals surface area contributed by atoms with E-state index in [1.807, 2.05) is 3.88 Å². The van der Waals surface area contributed by atoms with Crippen molar-refractivity contribution in [2.24, 2.45) is 5.92 Å². The Bertz CT molecular complexity index is 551. The maximum atomic E-state index is 4.16. The normalized spacial score (nSPS) is 16.7. The van der Waals surface area contributed by atoms with Gasteiger partial charge in [0.1, 0.15) is 0 Å². The molecule has 0 fully saturated rings. The fourth-order valence-corrected chi connectivity index (χ4v) is 16.7. The molecule has 0 saturated heterocycles. The van der Waals surface area contributed by atoms with E-state index in [-0.39, 0.29) is 0 Å². The third-order valence-electron chi connectivity index (χ3n) is 7.85. The van der Waals surface area contributed by atoms with Crippen LogP contribution in [-0.2, 0) is 17.4 Å².